The van der Waals surface area contributed by atoms with Crippen molar-refractivity contribution in [2.45, 2.75) is 45.5 Å². The molecule has 1 aliphatic rings. The Morgan fingerprint density at radius 2 is 2.29 bits per heavy atom. The highest BCUT2D eigenvalue weighted by atomic mass is 16.8. The van der Waals surface area contributed by atoms with E-state index in [2.05, 4.69) is 0 Å². The lowest BCUT2D eigenvalue weighted by atomic mass is 10.3. The normalized spacial score (nSPS) is 24.9. The lowest BCUT2D eigenvalue weighted by Crippen LogP contribution is -2.28. The average Bonchev–Trinajstić information content (AvgIpc) is 2.46. The van der Waals surface area contributed by atoms with Crippen molar-refractivity contribution in [3.8, 4) is 0 Å². The van der Waals surface area contributed by atoms with Crippen LogP contribution in [0.3, 0.4) is 0 Å². The van der Waals surface area contributed by atoms with Crippen LogP contribution < -0.4 is 0 Å². The first kappa shape index (κ1) is 11.5. The highest BCUT2D eigenvalue weighted by molar-refractivity contribution is 5.75. The number of carbonyl (C=O) groups is 1. The van der Waals surface area contributed by atoms with E-state index in [0.717, 1.165) is 12.8 Å². The van der Waals surface area contributed by atoms with Crippen LogP contribution in [0.2, 0.25) is 0 Å². The van der Waals surface area contributed by atoms with Gasteiger partial charge >= 0.3 is 5.97 Å². The molecule has 4 heteroatoms. The summed E-state index contributed by atoms with van der Waals surface area (Å²) in [5.74, 6) is -0.974. The maximum atomic E-state index is 11.4. The van der Waals surface area contributed by atoms with Crippen LogP contribution in [0.15, 0.2) is 0 Å². The second-order valence-electron chi connectivity index (χ2n) is 3.84. The minimum Gasteiger partial charge on any atom is -0.464 e. The monoisotopic (exact) mass is 202 g/mol. The summed E-state index contributed by atoms with van der Waals surface area (Å²) in [5, 5.41) is 0. The van der Waals surface area contributed by atoms with Crippen molar-refractivity contribution >= 4 is 5.97 Å². The molecule has 0 aliphatic carbocycles. The van der Waals surface area contributed by atoms with Crippen LogP contribution in [0.25, 0.3) is 0 Å². The lowest BCUT2D eigenvalue weighted by Gasteiger charge is -2.16. The smallest absolute Gasteiger partial charge is 0.337 e. The Kier molecular flexibility index (Phi) is 3.89. The van der Waals surface area contributed by atoms with Gasteiger partial charge in [0.15, 0.2) is 11.9 Å². The van der Waals surface area contributed by atoms with Gasteiger partial charge in [-0.3, -0.25) is 0 Å². The largest absolute Gasteiger partial charge is 0.464 e. The van der Waals surface area contributed by atoms with Crippen molar-refractivity contribution in [1.82, 2.24) is 0 Å². The fourth-order valence-electron chi connectivity index (χ4n) is 1.21. The minimum absolute atomic E-state index is 0.290. The molecule has 82 valence electrons. The fourth-order valence-corrected chi connectivity index (χ4v) is 1.21. The van der Waals surface area contributed by atoms with Gasteiger partial charge in [-0.15, -0.1) is 0 Å². The molecule has 0 N–H and O–H groups in total. The molecular formula is C10H18O4. The van der Waals surface area contributed by atoms with E-state index in [1.807, 2.05) is 6.92 Å². The highest BCUT2D eigenvalue weighted by Crippen LogP contribution is 2.22. The molecule has 14 heavy (non-hydrogen) atoms. The molecule has 1 aliphatic heterocycles. The van der Waals surface area contributed by atoms with E-state index >= 15 is 0 Å². The Morgan fingerprint density at radius 3 is 2.79 bits per heavy atom. The van der Waals surface area contributed by atoms with Crippen LogP contribution in [-0.4, -0.2) is 31.1 Å². The van der Waals surface area contributed by atoms with Gasteiger partial charge in [-0.25, -0.2) is 4.79 Å². The van der Waals surface area contributed by atoms with Gasteiger partial charge in [-0.1, -0.05) is 13.3 Å². The first-order valence-electron chi connectivity index (χ1n) is 5.03. The molecule has 0 radical (unpaired) electrons. The van der Waals surface area contributed by atoms with Gasteiger partial charge in [0.05, 0.1) is 13.2 Å². The molecule has 0 amide bonds. The molecule has 4 nitrogen and oxygen atoms in total. The third kappa shape index (κ3) is 3.27. The average molecular weight is 202 g/mol. The fraction of sp³-hybridized carbons (Fsp3) is 0.900. The maximum Gasteiger partial charge on any atom is 0.337 e. The maximum absolute atomic E-state index is 11.4. The molecule has 0 aromatic heterocycles. The van der Waals surface area contributed by atoms with E-state index in [4.69, 9.17) is 14.2 Å². The Balaban J connectivity index is 2.25. The summed E-state index contributed by atoms with van der Waals surface area (Å²) >= 11 is 0. The van der Waals surface area contributed by atoms with Gasteiger partial charge in [0, 0.05) is 0 Å². The summed E-state index contributed by atoms with van der Waals surface area (Å²) in [4.78, 5) is 11.4. The van der Waals surface area contributed by atoms with Crippen molar-refractivity contribution < 1.29 is 19.0 Å². The van der Waals surface area contributed by atoms with Gasteiger partial charge in [-0.2, -0.15) is 0 Å². The number of hydrogen-bond acceptors (Lipinski definition) is 4. The zero-order valence-corrected chi connectivity index (χ0v) is 9.04. The number of rotatable bonds is 4. The van der Waals surface area contributed by atoms with Gasteiger partial charge in [0.25, 0.3) is 0 Å². The van der Waals surface area contributed by atoms with Crippen LogP contribution in [0, 0.1) is 0 Å². The summed E-state index contributed by atoms with van der Waals surface area (Å²) in [7, 11) is 0. The van der Waals surface area contributed by atoms with E-state index < -0.39 is 11.9 Å². The van der Waals surface area contributed by atoms with Crippen LogP contribution >= 0.6 is 0 Å². The molecule has 0 unspecified atom stereocenters. The number of ether oxygens (including phenoxy) is 3. The Bertz CT molecular complexity index is 200. The zero-order chi connectivity index (χ0) is 10.6. The lowest BCUT2D eigenvalue weighted by molar-refractivity contribution is -0.169. The van der Waals surface area contributed by atoms with Crippen molar-refractivity contribution in [3.05, 3.63) is 0 Å². The van der Waals surface area contributed by atoms with Crippen molar-refractivity contribution in [1.29, 1.82) is 0 Å². The number of carbonyl (C=O) groups excluding carboxylic acids is 1. The van der Waals surface area contributed by atoms with Gasteiger partial charge in [0.1, 0.15) is 0 Å². The molecule has 0 aromatic rings. The summed E-state index contributed by atoms with van der Waals surface area (Å²) < 4.78 is 15.6. The molecule has 0 aromatic carbocycles. The molecule has 1 saturated heterocycles. The SMILES string of the molecule is CCCCOC(=O)[C@H]1COC(C)(C)O1. The molecule has 0 saturated carbocycles. The predicted molar refractivity (Wildman–Crippen MR) is 50.8 cm³/mol. The van der Waals surface area contributed by atoms with E-state index in [1.165, 1.54) is 0 Å². The van der Waals surface area contributed by atoms with E-state index in [-0.39, 0.29) is 12.6 Å². The van der Waals surface area contributed by atoms with Crippen LogP contribution in [-0.2, 0) is 19.0 Å². The topological polar surface area (TPSA) is 44.8 Å². The van der Waals surface area contributed by atoms with Crippen LogP contribution in [0.1, 0.15) is 33.6 Å². The van der Waals surface area contributed by atoms with E-state index in [1.54, 1.807) is 13.8 Å². The first-order valence-corrected chi connectivity index (χ1v) is 5.03. The Morgan fingerprint density at radius 1 is 1.57 bits per heavy atom. The second-order valence-corrected chi connectivity index (χ2v) is 3.84. The van der Waals surface area contributed by atoms with Gasteiger partial charge in [-0.05, 0) is 20.3 Å². The Hall–Kier alpha value is -0.610. The number of unbranched alkanes of at least 4 members (excludes halogenated alkanes) is 1. The highest BCUT2D eigenvalue weighted by Gasteiger charge is 2.37. The molecular weight excluding hydrogens is 184 g/mol. The molecule has 0 spiro atoms. The third-order valence-corrected chi connectivity index (χ3v) is 2.01. The standard InChI is InChI=1S/C10H18O4/c1-4-5-6-12-9(11)8-7-13-10(2,3)14-8/h8H,4-7H2,1-3H3/t8-/m1/s1. The zero-order valence-electron chi connectivity index (χ0n) is 9.04. The number of hydrogen-bond donors (Lipinski definition) is 0. The van der Waals surface area contributed by atoms with Crippen molar-refractivity contribution in [2.75, 3.05) is 13.2 Å². The van der Waals surface area contributed by atoms with Crippen LogP contribution in [0.4, 0.5) is 0 Å². The van der Waals surface area contributed by atoms with Crippen molar-refractivity contribution in [3.63, 3.8) is 0 Å². The third-order valence-electron chi connectivity index (χ3n) is 2.01. The summed E-state index contributed by atoms with van der Waals surface area (Å²) in [5.41, 5.74) is 0. The summed E-state index contributed by atoms with van der Waals surface area (Å²) in [6.45, 7) is 6.37. The Labute approximate surface area is 84.5 Å². The number of esters is 1. The molecule has 1 rings (SSSR count). The minimum atomic E-state index is -0.658. The van der Waals surface area contributed by atoms with Crippen LogP contribution in [0.5, 0.6) is 0 Å². The van der Waals surface area contributed by atoms with Gasteiger partial charge < -0.3 is 14.2 Å². The molecule has 1 fully saturated rings. The molecule has 1 atom stereocenters. The second kappa shape index (κ2) is 4.75. The predicted octanol–water partition coefficient (Wildman–Crippen LogP) is 1.48. The molecule has 0 bridgehead atoms. The van der Waals surface area contributed by atoms with E-state index in [9.17, 15) is 4.79 Å². The quantitative estimate of drug-likeness (QED) is 0.511. The van der Waals surface area contributed by atoms with E-state index in [0.29, 0.717) is 6.61 Å². The first-order chi connectivity index (χ1) is 6.55. The van der Waals surface area contributed by atoms with Gasteiger partial charge in [0.2, 0.25) is 0 Å². The summed E-state index contributed by atoms with van der Waals surface area (Å²) in [6.07, 6.45) is 1.35. The summed E-state index contributed by atoms with van der Waals surface area (Å²) in [6, 6.07) is 0. The van der Waals surface area contributed by atoms with Crippen molar-refractivity contribution in [2.24, 2.45) is 0 Å². The molecule has 1 heterocycles.